The van der Waals surface area contributed by atoms with Gasteiger partial charge < -0.3 is 9.88 Å². The standard InChI is InChI=1S/C24H22FN7O2S/c1-31-14-26-22-23(28-17-8-9-17)29-21-12-20(30-32(21)24(22)31)15-7-10-19(25)16(11-15)13-27-35(33,34)18-5-3-2-4-6-18/h2-7,10-12,14,17,27H,8-9,13H2,1H3,(H,28,29). The van der Waals surface area contributed by atoms with E-state index in [2.05, 4.69) is 15.0 Å². The topological polar surface area (TPSA) is 106 Å². The Morgan fingerprint density at radius 2 is 1.91 bits per heavy atom. The minimum Gasteiger partial charge on any atom is -0.365 e. The van der Waals surface area contributed by atoms with Crippen molar-refractivity contribution in [2.45, 2.75) is 30.3 Å². The maximum Gasteiger partial charge on any atom is 0.240 e. The minimum absolute atomic E-state index is 0.124. The highest BCUT2D eigenvalue weighted by Gasteiger charge is 2.24. The third-order valence-corrected chi connectivity index (χ3v) is 7.43. The van der Waals surface area contributed by atoms with Crippen molar-refractivity contribution >= 4 is 32.7 Å². The summed E-state index contributed by atoms with van der Waals surface area (Å²) in [4.78, 5) is 9.35. The summed E-state index contributed by atoms with van der Waals surface area (Å²) in [5.41, 5.74) is 3.62. The van der Waals surface area contributed by atoms with Crippen LogP contribution >= 0.6 is 0 Å². The minimum atomic E-state index is -3.77. The summed E-state index contributed by atoms with van der Waals surface area (Å²) in [6.45, 7) is -0.191. The van der Waals surface area contributed by atoms with Crippen molar-refractivity contribution in [3.8, 4) is 11.3 Å². The Kier molecular flexibility index (Phi) is 5.04. The van der Waals surface area contributed by atoms with Crippen LogP contribution in [0, 0.1) is 5.82 Å². The Morgan fingerprint density at radius 1 is 1.11 bits per heavy atom. The quantitative estimate of drug-likeness (QED) is 0.361. The van der Waals surface area contributed by atoms with Crippen molar-refractivity contribution in [3.05, 3.63) is 72.3 Å². The third-order valence-electron chi connectivity index (χ3n) is 6.01. The smallest absolute Gasteiger partial charge is 0.240 e. The van der Waals surface area contributed by atoms with Crippen LogP contribution in [0.25, 0.3) is 28.1 Å². The number of rotatable bonds is 7. The predicted molar refractivity (Wildman–Crippen MR) is 130 cm³/mol. The van der Waals surface area contributed by atoms with E-state index in [0.717, 1.165) is 29.8 Å². The molecule has 1 saturated carbocycles. The van der Waals surface area contributed by atoms with Crippen molar-refractivity contribution in [1.29, 1.82) is 0 Å². The third kappa shape index (κ3) is 4.02. The molecular formula is C24H22FN7O2S. The fraction of sp³-hybridized carbons (Fsp3) is 0.208. The molecule has 178 valence electrons. The lowest BCUT2D eigenvalue weighted by Gasteiger charge is -2.09. The molecule has 9 nitrogen and oxygen atoms in total. The predicted octanol–water partition coefficient (Wildman–Crippen LogP) is 3.47. The Hall–Kier alpha value is -3.83. The number of fused-ring (bicyclic) bond motifs is 3. The van der Waals surface area contributed by atoms with Crippen molar-refractivity contribution in [3.63, 3.8) is 0 Å². The largest absolute Gasteiger partial charge is 0.365 e. The number of nitrogens with one attached hydrogen (secondary N) is 2. The number of nitrogens with zero attached hydrogens (tertiary/aromatic N) is 5. The maximum atomic E-state index is 14.6. The summed E-state index contributed by atoms with van der Waals surface area (Å²) in [6.07, 6.45) is 3.94. The van der Waals surface area contributed by atoms with Gasteiger partial charge in [0.15, 0.2) is 22.6 Å². The molecule has 35 heavy (non-hydrogen) atoms. The fourth-order valence-corrected chi connectivity index (χ4v) is 5.03. The molecule has 0 unspecified atom stereocenters. The molecule has 0 radical (unpaired) electrons. The number of benzene rings is 2. The molecule has 0 spiro atoms. The number of aromatic nitrogens is 5. The zero-order valence-corrected chi connectivity index (χ0v) is 19.6. The van der Waals surface area contributed by atoms with Crippen LogP contribution in [-0.4, -0.2) is 38.6 Å². The Bertz CT molecular complexity index is 1670. The van der Waals surface area contributed by atoms with Crippen LogP contribution in [0.4, 0.5) is 10.2 Å². The van der Waals surface area contributed by atoms with E-state index in [4.69, 9.17) is 10.1 Å². The molecule has 3 heterocycles. The van der Waals surface area contributed by atoms with E-state index in [9.17, 15) is 12.8 Å². The normalized spacial score (nSPS) is 14.1. The van der Waals surface area contributed by atoms with Gasteiger partial charge in [0.2, 0.25) is 10.0 Å². The number of hydrogen-bond donors (Lipinski definition) is 2. The molecule has 0 atom stereocenters. The summed E-state index contributed by atoms with van der Waals surface area (Å²) in [7, 11) is -1.87. The summed E-state index contributed by atoms with van der Waals surface area (Å²) in [5, 5.41) is 8.14. The second-order valence-electron chi connectivity index (χ2n) is 8.65. The lowest BCUT2D eigenvalue weighted by molar-refractivity contribution is 0.574. The van der Waals surface area contributed by atoms with E-state index >= 15 is 0 Å². The summed E-state index contributed by atoms with van der Waals surface area (Å²) < 4.78 is 45.8. The molecule has 5 aromatic rings. The fourth-order valence-electron chi connectivity index (χ4n) is 4.00. The Labute approximate surface area is 200 Å². The SMILES string of the molecule is Cn1cnc2c(NC3CC3)nc3cc(-c4ccc(F)c(CNS(=O)(=O)c5ccccc5)c4)nn3c21. The van der Waals surface area contributed by atoms with Crippen LogP contribution in [0.15, 0.2) is 65.8 Å². The molecule has 11 heteroatoms. The first kappa shape index (κ1) is 21.7. The van der Waals surface area contributed by atoms with Gasteiger partial charge in [-0.25, -0.2) is 27.5 Å². The van der Waals surface area contributed by atoms with Crippen LogP contribution in [0.3, 0.4) is 0 Å². The molecule has 3 aromatic heterocycles. The number of hydrogen-bond acceptors (Lipinski definition) is 6. The molecule has 0 amide bonds. The van der Waals surface area contributed by atoms with Crippen molar-refractivity contribution in [2.75, 3.05) is 5.32 Å². The van der Waals surface area contributed by atoms with Gasteiger partial charge in [-0.1, -0.05) is 18.2 Å². The molecule has 1 aliphatic carbocycles. The van der Waals surface area contributed by atoms with Crippen molar-refractivity contribution < 1.29 is 12.8 Å². The molecular weight excluding hydrogens is 469 g/mol. The van der Waals surface area contributed by atoms with Crippen LogP contribution in [0.5, 0.6) is 0 Å². The van der Waals surface area contributed by atoms with E-state index < -0.39 is 15.8 Å². The Morgan fingerprint density at radius 3 is 2.69 bits per heavy atom. The van der Waals surface area contributed by atoms with Crippen molar-refractivity contribution in [2.24, 2.45) is 7.05 Å². The van der Waals surface area contributed by atoms with E-state index in [0.29, 0.717) is 22.9 Å². The number of halogens is 1. The lowest BCUT2D eigenvalue weighted by Crippen LogP contribution is -2.23. The summed E-state index contributed by atoms with van der Waals surface area (Å²) in [6, 6.07) is 14.8. The van der Waals surface area contributed by atoms with E-state index in [1.165, 1.54) is 18.2 Å². The average Bonchev–Trinajstić information content (AvgIpc) is 3.43. The molecule has 6 rings (SSSR count). The molecule has 2 aromatic carbocycles. The highest BCUT2D eigenvalue weighted by Crippen LogP contribution is 2.30. The van der Waals surface area contributed by atoms with Crippen LogP contribution in [0.2, 0.25) is 0 Å². The molecule has 0 bridgehead atoms. The van der Waals surface area contributed by atoms with Crippen LogP contribution < -0.4 is 10.0 Å². The van der Waals surface area contributed by atoms with Gasteiger partial charge in [-0.05, 0) is 43.2 Å². The van der Waals surface area contributed by atoms with Crippen LogP contribution in [0.1, 0.15) is 18.4 Å². The average molecular weight is 492 g/mol. The van der Waals surface area contributed by atoms with Gasteiger partial charge >= 0.3 is 0 Å². The lowest BCUT2D eigenvalue weighted by atomic mass is 10.1. The van der Waals surface area contributed by atoms with Gasteiger partial charge in [-0.15, -0.1) is 0 Å². The zero-order valence-electron chi connectivity index (χ0n) is 18.8. The first-order chi connectivity index (χ1) is 16.9. The van der Waals surface area contributed by atoms with Gasteiger partial charge in [-0.2, -0.15) is 9.61 Å². The first-order valence-corrected chi connectivity index (χ1v) is 12.7. The highest BCUT2D eigenvalue weighted by atomic mass is 32.2. The van der Waals surface area contributed by atoms with E-state index in [1.807, 2.05) is 17.7 Å². The van der Waals surface area contributed by atoms with Gasteiger partial charge in [0.25, 0.3) is 0 Å². The summed E-state index contributed by atoms with van der Waals surface area (Å²) in [5.74, 6) is 0.216. The van der Waals surface area contributed by atoms with Crippen molar-refractivity contribution in [1.82, 2.24) is 28.9 Å². The van der Waals surface area contributed by atoms with E-state index in [-0.39, 0.29) is 17.0 Å². The monoisotopic (exact) mass is 491 g/mol. The number of imidazole rings is 1. The van der Waals surface area contributed by atoms with Gasteiger partial charge in [0, 0.05) is 36.8 Å². The maximum absolute atomic E-state index is 14.6. The molecule has 1 fully saturated rings. The molecule has 0 aliphatic heterocycles. The second kappa shape index (κ2) is 8.14. The Balaban J connectivity index is 1.35. The second-order valence-corrected chi connectivity index (χ2v) is 10.4. The van der Waals surface area contributed by atoms with Gasteiger partial charge in [0.1, 0.15) is 5.82 Å². The first-order valence-electron chi connectivity index (χ1n) is 11.2. The highest BCUT2D eigenvalue weighted by molar-refractivity contribution is 7.89. The molecule has 1 aliphatic rings. The van der Waals surface area contributed by atoms with Crippen LogP contribution in [-0.2, 0) is 23.6 Å². The zero-order chi connectivity index (χ0) is 24.2. The number of anilines is 1. The molecule has 2 N–H and O–H groups in total. The number of sulfonamides is 1. The van der Waals surface area contributed by atoms with Gasteiger partial charge in [-0.3, -0.25) is 0 Å². The number of aryl methyl sites for hydroxylation is 1. The van der Waals surface area contributed by atoms with E-state index in [1.54, 1.807) is 41.2 Å². The molecule has 0 saturated heterocycles. The summed E-state index contributed by atoms with van der Waals surface area (Å²) >= 11 is 0. The van der Waals surface area contributed by atoms with Gasteiger partial charge in [0.05, 0.1) is 16.9 Å².